The van der Waals surface area contributed by atoms with Gasteiger partial charge in [0.2, 0.25) is 10.0 Å². The molecule has 0 spiro atoms. The second kappa shape index (κ2) is 8.22. The number of nitrogens with zero attached hydrogens (tertiary/aromatic N) is 2. The van der Waals surface area contributed by atoms with Gasteiger partial charge in [0.1, 0.15) is 22.4 Å². The monoisotopic (exact) mass is 412 g/mol. The molecular weight excluding hydrogens is 396 g/mol. The molecule has 28 heavy (non-hydrogen) atoms. The lowest BCUT2D eigenvalue weighted by molar-refractivity contribution is 0.415. The van der Waals surface area contributed by atoms with Gasteiger partial charge >= 0.3 is 0 Å². The number of thiazole rings is 1. The molecule has 2 aromatic carbocycles. The van der Waals surface area contributed by atoms with Gasteiger partial charge in [-0.2, -0.15) is 5.26 Å². The van der Waals surface area contributed by atoms with Gasteiger partial charge in [0, 0.05) is 22.8 Å². The van der Waals surface area contributed by atoms with Gasteiger partial charge in [0.15, 0.2) is 0 Å². The van der Waals surface area contributed by atoms with Crippen LogP contribution in [-0.4, -0.2) is 20.5 Å². The van der Waals surface area contributed by atoms with Crippen LogP contribution in [0.25, 0.3) is 16.8 Å². The van der Waals surface area contributed by atoms with Crippen LogP contribution in [0.1, 0.15) is 5.01 Å². The van der Waals surface area contributed by atoms with Gasteiger partial charge in [-0.25, -0.2) is 18.5 Å². The molecule has 0 aliphatic rings. The number of rotatable bonds is 6. The minimum atomic E-state index is -3.74. The van der Waals surface area contributed by atoms with Crippen LogP contribution in [0.5, 0.6) is 5.75 Å². The summed E-state index contributed by atoms with van der Waals surface area (Å²) in [6, 6.07) is 15.5. The van der Waals surface area contributed by atoms with E-state index in [-0.39, 0.29) is 4.90 Å². The number of aromatic nitrogens is 1. The number of benzene rings is 2. The minimum absolute atomic E-state index is 0.0189. The third kappa shape index (κ3) is 4.55. The second-order valence-corrected chi connectivity index (χ2v) is 8.07. The van der Waals surface area contributed by atoms with E-state index in [1.165, 1.54) is 29.7 Å². The fourth-order valence-corrected chi connectivity index (χ4v) is 3.66. The molecule has 3 N–H and O–H groups in total. The zero-order valence-electron chi connectivity index (χ0n) is 14.8. The Hall–Kier alpha value is -3.19. The molecule has 0 aliphatic heterocycles. The van der Waals surface area contributed by atoms with Gasteiger partial charge in [0.25, 0.3) is 0 Å². The van der Waals surface area contributed by atoms with E-state index >= 15 is 0 Å². The molecule has 0 bridgehead atoms. The molecule has 1 heterocycles. The molecule has 9 heteroatoms. The topological polar surface area (TPSA) is 118 Å². The molecule has 3 rings (SSSR count). The summed E-state index contributed by atoms with van der Waals surface area (Å²) in [4.78, 5) is 4.54. The number of sulfonamides is 1. The molecule has 0 saturated heterocycles. The van der Waals surface area contributed by atoms with Crippen LogP contribution in [0.2, 0.25) is 0 Å². The average Bonchev–Trinajstić information content (AvgIpc) is 3.18. The van der Waals surface area contributed by atoms with Gasteiger partial charge < -0.3 is 10.1 Å². The third-order valence-corrected chi connectivity index (χ3v) is 5.59. The SMILES string of the molecule is COc1cccc(-c2csc(/C(C#N)=C\Nc3ccc(S(N)(=O)=O)cc3)n2)c1. The first kappa shape index (κ1) is 19.6. The smallest absolute Gasteiger partial charge is 0.238 e. The average molecular weight is 412 g/mol. The van der Waals surface area contributed by atoms with E-state index in [9.17, 15) is 13.7 Å². The predicted octanol–water partition coefficient (Wildman–Crippen LogP) is 3.44. The lowest BCUT2D eigenvalue weighted by Gasteiger charge is -2.03. The number of hydrogen-bond donors (Lipinski definition) is 2. The van der Waals surface area contributed by atoms with E-state index in [1.54, 1.807) is 19.2 Å². The quantitative estimate of drug-likeness (QED) is 0.599. The Morgan fingerprint density at radius 3 is 2.68 bits per heavy atom. The van der Waals surface area contributed by atoms with Crippen molar-refractivity contribution >= 4 is 32.6 Å². The van der Waals surface area contributed by atoms with E-state index in [1.807, 2.05) is 29.6 Å². The number of hydrogen-bond acceptors (Lipinski definition) is 7. The highest BCUT2D eigenvalue weighted by Crippen LogP contribution is 2.28. The highest BCUT2D eigenvalue weighted by molar-refractivity contribution is 7.89. The number of anilines is 1. The number of ether oxygens (including phenoxy) is 1. The third-order valence-electron chi connectivity index (χ3n) is 3.79. The molecule has 0 radical (unpaired) electrons. The number of methoxy groups -OCH3 is 1. The van der Waals surface area contributed by atoms with Crippen LogP contribution in [0.3, 0.4) is 0 Å². The molecule has 0 fully saturated rings. The van der Waals surface area contributed by atoms with Crippen LogP contribution in [0, 0.1) is 11.3 Å². The van der Waals surface area contributed by atoms with E-state index in [2.05, 4.69) is 16.4 Å². The van der Waals surface area contributed by atoms with Crippen molar-refractivity contribution in [1.29, 1.82) is 5.26 Å². The van der Waals surface area contributed by atoms with Crippen molar-refractivity contribution in [2.75, 3.05) is 12.4 Å². The van der Waals surface area contributed by atoms with Crippen molar-refractivity contribution < 1.29 is 13.2 Å². The van der Waals surface area contributed by atoms with Crippen molar-refractivity contribution in [2.45, 2.75) is 4.90 Å². The normalized spacial score (nSPS) is 11.7. The summed E-state index contributed by atoms with van der Waals surface area (Å²) in [5.74, 6) is 0.729. The van der Waals surface area contributed by atoms with Gasteiger partial charge in [-0.05, 0) is 36.4 Å². The van der Waals surface area contributed by atoms with Gasteiger partial charge in [-0.15, -0.1) is 11.3 Å². The van der Waals surface area contributed by atoms with E-state index in [4.69, 9.17) is 9.88 Å². The van der Waals surface area contributed by atoms with E-state index in [0.29, 0.717) is 16.3 Å². The zero-order chi connectivity index (χ0) is 20.1. The first-order chi connectivity index (χ1) is 13.4. The van der Waals surface area contributed by atoms with Crippen molar-refractivity contribution in [1.82, 2.24) is 4.98 Å². The summed E-state index contributed by atoms with van der Waals surface area (Å²) in [5.41, 5.74) is 2.61. The number of primary sulfonamides is 1. The van der Waals surface area contributed by atoms with Crippen LogP contribution >= 0.6 is 11.3 Å². The Kier molecular flexibility index (Phi) is 5.75. The second-order valence-electron chi connectivity index (χ2n) is 5.65. The predicted molar refractivity (Wildman–Crippen MR) is 109 cm³/mol. The highest BCUT2D eigenvalue weighted by atomic mass is 32.2. The number of nitrogens with one attached hydrogen (secondary N) is 1. The Balaban J connectivity index is 1.80. The molecule has 3 aromatic rings. The Labute approximate surface area is 166 Å². The van der Waals surface area contributed by atoms with Gasteiger partial charge in [-0.3, -0.25) is 0 Å². The summed E-state index contributed by atoms with van der Waals surface area (Å²) >= 11 is 1.35. The molecule has 0 atom stereocenters. The highest BCUT2D eigenvalue weighted by Gasteiger charge is 2.10. The molecule has 7 nitrogen and oxygen atoms in total. The van der Waals surface area contributed by atoms with E-state index < -0.39 is 10.0 Å². The molecule has 0 saturated carbocycles. The maximum absolute atomic E-state index is 11.3. The summed E-state index contributed by atoms with van der Waals surface area (Å²) in [6.45, 7) is 0. The Morgan fingerprint density at radius 1 is 1.29 bits per heavy atom. The Bertz CT molecular complexity index is 1160. The fourth-order valence-electron chi connectivity index (χ4n) is 2.35. The van der Waals surface area contributed by atoms with Crippen molar-refractivity contribution in [3.63, 3.8) is 0 Å². The van der Waals surface area contributed by atoms with Crippen LogP contribution in [-0.2, 0) is 10.0 Å². The van der Waals surface area contributed by atoms with Gasteiger partial charge in [-0.1, -0.05) is 12.1 Å². The maximum Gasteiger partial charge on any atom is 0.238 e. The first-order valence-electron chi connectivity index (χ1n) is 8.00. The molecule has 1 aromatic heterocycles. The molecule has 0 unspecified atom stereocenters. The number of nitriles is 1. The molecule has 142 valence electrons. The Morgan fingerprint density at radius 2 is 2.04 bits per heavy atom. The number of nitrogens with two attached hydrogens (primary N) is 1. The fraction of sp³-hybridized carbons (Fsp3) is 0.0526. The zero-order valence-corrected chi connectivity index (χ0v) is 16.4. The molecule has 0 amide bonds. The number of allylic oxidation sites excluding steroid dienone is 1. The lowest BCUT2D eigenvalue weighted by Crippen LogP contribution is -2.11. The molecule has 0 aliphatic carbocycles. The van der Waals surface area contributed by atoms with Crippen molar-refractivity contribution in [3.8, 4) is 23.1 Å². The standard InChI is InChI=1S/C19H16N4O3S2/c1-26-16-4-2-3-13(9-16)18-12-27-19(23-18)14(10-20)11-22-15-5-7-17(8-6-15)28(21,24)25/h2-9,11-12,22H,1H3,(H2,21,24,25)/b14-11-. The van der Waals surface area contributed by atoms with Gasteiger partial charge in [0.05, 0.1) is 17.7 Å². The van der Waals surface area contributed by atoms with Crippen LogP contribution in [0.15, 0.2) is 65.0 Å². The summed E-state index contributed by atoms with van der Waals surface area (Å²) in [6.07, 6.45) is 1.53. The summed E-state index contributed by atoms with van der Waals surface area (Å²) in [7, 11) is -2.14. The first-order valence-corrected chi connectivity index (χ1v) is 10.4. The summed E-state index contributed by atoms with van der Waals surface area (Å²) in [5, 5.41) is 19.9. The lowest BCUT2D eigenvalue weighted by atomic mass is 10.1. The van der Waals surface area contributed by atoms with Crippen molar-refractivity contribution in [3.05, 3.63) is 65.1 Å². The summed E-state index contributed by atoms with van der Waals surface area (Å²) < 4.78 is 27.8. The molecular formula is C19H16N4O3S2. The largest absolute Gasteiger partial charge is 0.497 e. The van der Waals surface area contributed by atoms with Crippen LogP contribution < -0.4 is 15.2 Å². The van der Waals surface area contributed by atoms with E-state index in [0.717, 1.165) is 17.0 Å². The minimum Gasteiger partial charge on any atom is -0.497 e. The van der Waals surface area contributed by atoms with Crippen LogP contribution in [0.4, 0.5) is 5.69 Å². The van der Waals surface area contributed by atoms with Crippen molar-refractivity contribution in [2.24, 2.45) is 5.14 Å². The maximum atomic E-state index is 11.3.